The summed E-state index contributed by atoms with van der Waals surface area (Å²) in [5.74, 6) is -0.736. The van der Waals surface area contributed by atoms with Crippen LogP contribution in [0.2, 0.25) is 0 Å². The van der Waals surface area contributed by atoms with E-state index in [2.05, 4.69) is 5.32 Å². The molecule has 0 atom stereocenters. The number of aromatic nitrogens is 2. The fraction of sp³-hybridized carbons (Fsp3) is 0.267. The summed E-state index contributed by atoms with van der Waals surface area (Å²) in [6.45, 7) is 0.105. The van der Waals surface area contributed by atoms with Crippen LogP contribution >= 0.6 is 0 Å². The van der Waals surface area contributed by atoms with E-state index in [0.29, 0.717) is 6.54 Å². The number of nitrogens with zero attached hydrogens (tertiary/aromatic N) is 2. The van der Waals surface area contributed by atoms with Gasteiger partial charge >= 0.3 is 5.69 Å². The van der Waals surface area contributed by atoms with Gasteiger partial charge in [-0.05, 0) is 12.0 Å². The second-order valence-electron chi connectivity index (χ2n) is 4.96. The molecule has 0 radical (unpaired) electrons. The van der Waals surface area contributed by atoms with Crippen LogP contribution in [0.5, 0.6) is 0 Å². The van der Waals surface area contributed by atoms with Crippen LogP contribution in [0.4, 0.5) is 5.69 Å². The van der Waals surface area contributed by atoms with E-state index in [1.807, 2.05) is 30.3 Å². The number of primary amides is 1. The van der Waals surface area contributed by atoms with E-state index < -0.39 is 23.7 Å². The third-order valence-corrected chi connectivity index (χ3v) is 3.22. The molecule has 0 aliphatic carbocycles. The normalized spacial score (nSPS) is 10.4. The molecule has 1 aromatic carbocycles. The van der Waals surface area contributed by atoms with Gasteiger partial charge in [0.2, 0.25) is 5.91 Å². The van der Waals surface area contributed by atoms with Crippen LogP contribution in [0.25, 0.3) is 0 Å². The van der Waals surface area contributed by atoms with Crippen LogP contribution in [0.15, 0.2) is 46.1 Å². The number of benzene rings is 1. The number of nitrogens with one attached hydrogen (secondary N) is 1. The maximum Gasteiger partial charge on any atom is 0.331 e. The zero-order chi connectivity index (χ0) is 16.1. The number of carbonyl (C=O) groups is 1. The van der Waals surface area contributed by atoms with Gasteiger partial charge in [-0.15, -0.1) is 0 Å². The van der Waals surface area contributed by atoms with E-state index in [0.717, 1.165) is 16.6 Å². The van der Waals surface area contributed by atoms with Gasteiger partial charge in [0, 0.05) is 19.8 Å². The average molecular weight is 302 g/mol. The Morgan fingerprint density at radius 3 is 2.55 bits per heavy atom. The molecule has 7 heteroatoms. The van der Waals surface area contributed by atoms with Gasteiger partial charge in [0.25, 0.3) is 5.56 Å². The first-order valence-corrected chi connectivity index (χ1v) is 6.85. The Labute approximate surface area is 127 Å². The molecule has 22 heavy (non-hydrogen) atoms. The fourth-order valence-corrected chi connectivity index (χ4v) is 2.13. The first kappa shape index (κ1) is 15.6. The minimum Gasteiger partial charge on any atom is -0.379 e. The number of amides is 1. The Bertz CT molecular complexity index is 778. The van der Waals surface area contributed by atoms with Crippen LogP contribution in [0.3, 0.4) is 0 Å². The maximum absolute atomic E-state index is 12.2. The first-order chi connectivity index (χ1) is 10.5. The van der Waals surface area contributed by atoms with Crippen molar-refractivity contribution in [1.82, 2.24) is 9.13 Å². The van der Waals surface area contributed by atoms with E-state index in [1.54, 1.807) is 0 Å². The molecule has 116 valence electrons. The van der Waals surface area contributed by atoms with Crippen molar-refractivity contribution in [1.29, 1.82) is 0 Å². The molecule has 7 nitrogen and oxygen atoms in total. The number of rotatable bonds is 6. The molecule has 0 saturated heterocycles. The molecule has 0 aliphatic rings. The Morgan fingerprint density at radius 2 is 1.91 bits per heavy atom. The zero-order valence-corrected chi connectivity index (χ0v) is 12.3. The molecular formula is C15H18N4O3. The molecule has 1 aromatic heterocycles. The number of aryl methyl sites for hydroxylation is 1. The predicted molar refractivity (Wildman–Crippen MR) is 83.8 cm³/mol. The number of anilines is 1. The van der Waals surface area contributed by atoms with Gasteiger partial charge < -0.3 is 15.6 Å². The molecular weight excluding hydrogens is 284 g/mol. The lowest BCUT2D eigenvalue weighted by Crippen LogP contribution is -2.42. The molecule has 0 saturated carbocycles. The number of nitrogens with two attached hydrogens (primary N) is 1. The highest BCUT2D eigenvalue weighted by Gasteiger charge is 2.11. The summed E-state index contributed by atoms with van der Waals surface area (Å²) < 4.78 is 2.07. The summed E-state index contributed by atoms with van der Waals surface area (Å²) in [6.07, 6.45) is 2.16. The minimum absolute atomic E-state index is 0.263. The van der Waals surface area contributed by atoms with E-state index >= 15 is 0 Å². The quantitative estimate of drug-likeness (QED) is 0.764. The molecule has 0 fully saturated rings. The molecule has 2 rings (SSSR count). The van der Waals surface area contributed by atoms with Crippen molar-refractivity contribution in [3.63, 3.8) is 0 Å². The Morgan fingerprint density at radius 1 is 1.23 bits per heavy atom. The molecule has 2 aromatic rings. The van der Waals surface area contributed by atoms with E-state index in [4.69, 9.17) is 5.73 Å². The van der Waals surface area contributed by atoms with Gasteiger partial charge in [-0.3, -0.25) is 9.59 Å². The van der Waals surface area contributed by atoms with Crippen molar-refractivity contribution >= 4 is 11.6 Å². The van der Waals surface area contributed by atoms with Crippen molar-refractivity contribution in [2.75, 3.05) is 11.9 Å². The number of hydrogen-bond donors (Lipinski definition) is 2. The lowest BCUT2D eigenvalue weighted by molar-refractivity contribution is -0.118. The van der Waals surface area contributed by atoms with E-state index in [-0.39, 0.29) is 5.69 Å². The molecule has 1 heterocycles. The minimum atomic E-state index is -0.736. The van der Waals surface area contributed by atoms with Crippen molar-refractivity contribution in [3.05, 3.63) is 62.9 Å². The summed E-state index contributed by atoms with van der Waals surface area (Å²) in [4.78, 5) is 35.1. The van der Waals surface area contributed by atoms with E-state index in [1.165, 1.54) is 17.8 Å². The van der Waals surface area contributed by atoms with Crippen LogP contribution in [-0.4, -0.2) is 21.6 Å². The van der Waals surface area contributed by atoms with Crippen molar-refractivity contribution in [2.24, 2.45) is 12.8 Å². The van der Waals surface area contributed by atoms with Crippen molar-refractivity contribution in [2.45, 2.75) is 13.0 Å². The van der Waals surface area contributed by atoms with Gasteiger partial charge in [-0.1, -0.05) is 30.3 Å². The third kappa shape index (κ3) is 3.63. The summed E-state index contributed by atoms with van der Waals surface area (Å²) in [7, 11) is 1.52. The summed E-state index contributed by atoms with van der Waals surface area (Å²) in [5, 5.41) is 3.00. The fourth-order valence-electron chi connectivity index (χ4n) is 2.13. The standard InChI is InChI=1S/C15H18N4O3/c1-18-9-12(14(21)19(15(18)22)10-13(16)20)17-8-7-11-5-3-2-4-6-11/h2-6,9,17H,7-8,10H2,1H3,(H2,16,20). The van der Waals surface area contributed by atoms with Crippen molar-refractivity contribution in [3.8, 4) is 0 Å². The molecule has 0 spiro atoms. The van der Waals surface area contributed by atoms with E-state index in [9.17, 15) is 14.4 Å². The Balaban J connectivity index is 2.17. The molecule has 3 N–H and O–H groups in total. The van der Waals surface area contributed by atoms with Crippen LogP contribution in [0.1, 0.15) is 5.56 Å². The highest BCUT2D eigenvalue weighted by Crippen LogP contribution is 2.01. The Hall–Kier alpha value is -2.83. The van der Waals surface area contributed by atoms with Gasteiger partial charge in [0.15, 0.2) is 0 Å². The molecule has 1 amide bonds. The lowest BCUT2D eigenvalue weighted by Gasteiger charge is -2.11. The summed E-state index contributed by atoms with van der Waals surface area (Å²) >= 11 is 0. The second kappa shape index (κ2) is 6.75. The maximum atomic E-state index is 12.2. The molecule has 0 aliphatic heterocycles. The second-order valence-corrected chi connectivity index (χ2v) is 4.96. The van der Waals surface area contributed by atoms with Gasteiger partial charge in [0.1, 0.15) is 12.2 Å². The number of carbonyl (C=O) groups excluding carboxylic acids is 1. The Kier molecular flexibility index (Phi) is 4.77. The van der Waals surface area contributed by atoms with Gasteiger partial charge in [-0.25, -0.2) is 9.36 Å². The number of hydrogen-bond acceptors (Lipinski definition) is 4. The van der Waals surface area contributed by atoms with Crippen molar-refractivity contribution < 1.29 is 4.79 Å². The summed E-state index contributed by atoms with van der Waals surface area (Å²) in [6, 6.07) is 9.82. The smallest absolute Gasteiger partial charge is 0.331 e. The average Bonchev–Trinajstić information content (AvgIpc) is 2.49. The topological polar surface area (TPSA) is 99.1 Å². The van der Waals surface area contributed by atoms with Gasteiger partial charge in [0.05, 0.1) is 0 Å². The first-order valence-electron chi connectivity index (χ1n) is 6.85. The molecule has 0 bridgehead atoms. The highest BCUT2D eigenvalue weighted by atomic mass is 16.2. The third-order valence-electron chi connectivity index (χ3n) is 3.22. The lowest BCUT2D eigenvalue weighted by atomic mass is 10.1. The highest BCUT2D eigenvalue weighted by molar-refractivity contribution is 5.73. The largest absolute Gasteiger partial charge is 0.379 e. The predicted octanol–water partition coefficient (Wildman–Crippen LogP) is -0.313. The zero-order valence-electron chi connectivity index (χ0n) is 12.3. The van der Waals surface area contributed by atoms with Crippen LogP contribution in [0, 0.1) is 0 Å². The summed E-state index contributed by atoms with van der Waals surface area (Å²) in [5.41, 5.74) is 5.35. The monoisotopic (exact) mass is 302 g/mol. The van der Waals surface area contributed by atoms with Gasteiger partial charge in [-0.2, -0.15) is 0 Å². The molecule has 0 unspecified atom stereocenters. The SMILES string of the molecule is Cn1cc(NCCc2ccccc2)c(=O)n(CC(N)=O)c1=O. The van der Waals surface area contributed by atoms with Crippen LogP contribution in [-0.2, 0) is 24.8 Å². The van der Waals surface area contributed by atoms with Crippen LogP contribution < -0.4 is 22.3 Å².